The van der Waals surface area contributed by atoms with Crippen molar-refractivity contribution < 1.29 is 12.6 Å². The van der Waals surface area contributed by atoms with Crippen molar-refractivity contribution in [1.82, 2.24) is 9.78 Å². The molecule has 0 N–H and O–H groups in total. The minimum atomic E-state index is -3.96. The smallest absolute Gasteiger partial charge is 0.342 e. The highest BCUT2D eigenvalue weighted by molar-refractivity contribution is 7.87. The van der Waals surface area contributed by atoms with Crippen molar-refractivity contribution in [2.45, 2.75) is 65.8 Å². The Morgan fingerprint density at radius 3 is 1.92 bits per heavy atom. The van der Waals surface area contributed by atoms with E-state index in [9.17, 15) is 8.42 Å². The molecule has 6 heteroatoms. The summed E-state index contributed by atoms with van der Waals surface area (Å²) in [6, 6.07) is 3.83. The third-order valence-electron chi connectivity index (χ3n) is 3.91. The summed E-state index contributed by atoms with van der Waals surface area (Å²) in [5.74, 6) is 0.392. The van der Waals surface area contributed by atoms with Crippen molar-refractivity contribution in [3.63, 3.8) is 0 Å². The van der Waals surface area contributed by atoms with Gasteiger partial charge in [-0.1, -0.05) is 17.7 Å². The maximum absolute atomic E-state index is 12.9. The average Bonchev–Trinajstić information content (AvgIpc) is 2.69. The number of hydrogen-bond acceptors (Lipinski definition) is 4. The van der Waals surface area contributed by atoms with Crippen LogP contribution in [0.3, 0.4) is 0 Å². The standard InChI is InChI=1S/C18H26N2O3S/c1-11-9-12(2)16(13(3)10-11)23-24(21,22)17-14(4)19-20(15(17)5)18(6,7)8/h9-10H,1-8H3. The van der Waals surface area contributed by atoms with Gasteiger partial charge in [0.1, 0.15) is 10.6 Å². The van der Waals surface area contributed by atoms with E-state index in [1.54, 1.807) is 18.5 Å². The Labute approximate surface area is 144 Å². The monoisotopic (exact) mass is 350 g/mol. The summed E-state index contributed by atoms with van der Waals surface area (Å²) < 4.78 is 33.0. The zero-order valence-electron chi connectivity index (χ0n) is 15.7. The number of rotatable bonds is 3. The van der Waals surface area contributed by atoms with Gasteiger partial charge in [-0.25, -0.2) is 0 Å². The Morgan fingerprint density at radius 1 is 1.00 bits per heavy atom. The number of aromatic nitrogens is 2. The first kappa shape index (κ1) is 18.5. The van der Waals surface area contributed by atoms with Crippen LogP contribution in [0.2, 0.25) is 0 Å². The normalized spacial score (nSPS) is 12.5. The molecule has 0 atom stereocenters. The van der Waals surface area contributed by atoms with Gasteiger partial charge in [-0.3, -0.25) is 4.68 Å². The topological polar surface area (TPSA) is 61.2 Å². The molecule has 2 aromatic rings. The first-order chi connectivity index (χ1) is 10.8. The highest BCUT2D eigenvalue weighted by Crippen LogP contribution is 2.31. The molecule has 0 aliphatic rings. The van der Waals surface area contributed by atoms with Crippen molar-refractivity contribution >= 4 is 10.1 Å². The number of hydrogen-bond donors (Lipinski definition) is 0. The van der Waals surface area contributed by atoms with Gasteiger partial charge in [-0.15, -0.1) is 0 Å². The summed E-state index contributed by atoms with van der Waals surface area (Å²) in [7, 11) is -3.96. The molecule has 0 amide bonds. The first-order valence-corrected chi connectivity index (χ1v) is 9.34. The average molecular weight is 350 g/mol. The number of nitrogens with zero attached hydrogens (tertiary/aromatic N) is 2. The van der Waals surface area contributed by atoms with Crippen molar-refractivity contribution in [3.8, 4) is 5.75 Å². The lowest BCUT2D eigenvalue weighted by atomic mass is 10.1. The predicted molar refractivity (Wildman–Crippen MR) is 95.2 cm³/mol. The van der Waals surface area contributed by atoms with Crippen LogP contribution in [0.15, 0.2) is 17.0 Å². The Balaban J connectivity index is 2.56. The molecule has 2 rings (SSSR count). The van der Waals surface area contributed by atoms with Gasteiger partial charge in [-0.05, 0) is 66.5 Å². The van der Waals surface area contributed by atoms with Crippen molar-refractivity contribution in [2.24, 2.45) is 0 Å². The second-order valence-corrected chi connectivity index (χ2v) is 8.83. The fraction of sp³-hybridized carbons (Fsp3) is 0.500. The summed E-state index contributed by atoms with van der Waals surface area (Å²) in [6.07, 6.45) is 0. The molecule has 0 aliphatic heterocycles. The summed E-state index contributed by atoms with van der Waals surface area (Å²) in [5, 5.41) is 4.41. The lowest BCUT2D eigenvalue weighted by Crippen LogP contribution is -2.25. The van der Waals surface area contributed by atoms with Crippen LogP contribution < -0.4 is 4.18 Å². The van der Waals surface area contributed by atoms with E-state index in [2.05, 4.69) is 5.10 Å². The molecule has 0 saturated heterocycles. The van der Waals surface area contributed by atoms with Gasteiger partial charge >= 0.3 is 10.1 Å². The van der Waals surface area contributed by atoms with Crippen LogP contribution in [0.5, 0.6) is 5.75 Å². The number of aryl methyl sites for hydroxylation is 4. The van der Waals surface area contributed by atoms with E-state index in [0.29, 0.717) is 17.1 Å². The molecule has 0 aliphatic carbocycles. The van der Waals surface area contributed by atoms with Gasteiger partial charge in [0.15, 0.2) is 0 Å². The Kier molecular flexibility index (Phi) is 4.57. The molecule has 1 aromatic heterocycles. The van der Waals surface area contributed by atoms with Crippen LogP contribution in [0.25, 0.3) is 0 Å². The summed E-state index contributed by atoms with van der Waals surface area (Å²) in [4.78, 5) is 0.150. The van der Waals surface area contributed by atoms with Gasteiger partial charge in [-0.2, -0.15) is 13.5 Å². The lowest BCUT2D eigenvalue weighted by Gasteiger charge is -2.21. The second-order valence-electron chi connectivity index (χ2n) is 7.35. The largest absolute Gasteiger partial charge is 0.378 e. The molecule has 0 saturated carbocycles. The third kappa shape index (κ3) is 3.34. The van der Waals surface area contributed by atoms with Gasteiger partial charge in [0.25, 0.3) is 0 Å². The van der Waals surface area contributed by atoms with Gasteiger partial charge in [0, 0.05) is 0 Å². The molecule has 1 aromatic carbocycles. The van der Waals surface area contributed by atoms with E-state index in [1.807, 2.05) is 53.7 Å². The fourth-order valence-electron chi connectivity index (χ4n) is 3.09. The molecule has 1 heterocycles. The van der Waals surface area contributed by atoms with Crippen molar-refractivity contribution in [1.29, 1.82) is 0 Å². The Bertz CT molecular complexity index is 865. The second kappa shape index (κ2) is 5.92. The molecule has 0 radical (unpaired) electrons. The minimum absolute atomic E-state index is 0.150. The van der Waals surface area contributed by atoms with E-state index in [4.69, 9.17) is 4.18 Å². The molecular formula is C18H26N2O3S. The zero-order valence-corrected chi connectivity index (χ0v) is 16.5. The maximum Gasteiger partial charge on any atom is 0.342 e. The van der Waals surface area contributed by atoms with Crippen LogP contribution in [0, 0.1) is 34.6 Å². The van der Waals surface area contributed by atoms with E-state index in [0.717, 1.165) is 16.7 Å². The molecule has 0 bridgehead atoms. The first-order valence-electron chi connectivity index (χ1n) is 7.93. The van der Waals surface area contributed by atoms with Crippen LogP contribution in [0.4, 0.5) is 0 Å². The number of benzene rings is 1. The highest BCUT2D eigenvalue weighted by atomic mass is 32.2. The zero-order chi connectivity index (χ0) is 18.4. The van der Waals surface area contributed by atoms with Gasteiger partial charge in [0.05, 0.1) is 16.9 Å². The minimum Gasteiger partial charge on any atom is -0.378 e. The van der Waals surface area contributed by atoms with Crippen LogP contribution >= 0.6 is 0 Å². The summed E-state index contributed by atoms with van der Waals surface area (Å²) >= 11 is 0. The Hall–Kier alpha value is -1.82. The quantitative estimate of drug-likeness (QED) is 0.787. The van der Waals surface area contributed by atoms with Crippen LogP contribution in [-0.4, -0.2) is 18.2 Å². The van der Waals surface area contributed by atoms with Crippen molar-refractivity contribution in [3.05, 3.63) is 40.2 Å². The SMILES string of the molecule is Cc1cc(C)c(OS(=O)(=O)c2c(C)nn(C(C)(C)C)c2C)c(C)c1. The summed E-state index contributed by atoms with van der Waals surface area (Å²) in [5.41, 5.74) is 3.40. The molecule has 24 heavy (non-hydrogen) atoms. The molecule has 0 spiro atoms. The molecule has 0 fully saturated rings. The van der Waals surface area contributed by atoms with E-state index < -0.39 is 10.1 Å². The van der Waals surface area contributed by atoms with E-state index >= 15 is 0 Å². The maximum atomic E-state index is 12.9. The predicted octanol–water partition coefficient (Wildman–Crippen LogP) is 3.95. The lowest BCUT2D eigenvalue weighted by molar-refractivity contribution is 0.345. The molecule has 0 unspecified atom stereocenters. The van der Waals surface area contributed by atoms with Crippen LogP contribution in [-0.2, 0) is 15.7 Å². The third-order valence-corrected chi connectivity index (χ3v) is 5.38. The van der Waals surface area contributed by atoms with Crippen LogP contribution in [0.1, 0.15) is 48.8 Å². The van der Waals surface area contributed by atoms with Gasteiger partial charge in [0.2, 0.25) is 0 Å². The van der Waals surface area contributed by atoms with Gasteiger partial charge < -0.3 is 4.18 Å². The van der Waals surface area contributed by atoms with Crippen molar-refractivity contribution in [2.75, 3.05) is 0 Å². The van der Waals surface area contributed by atoms with E-state index in [1.165, 1.54) is 0 Å². The van der Waals surface area contributed by atoms with E-state index in [-0.39, 0.29) is 10.4 Å². The molecule has 132 valence electrons. The fourth-order valence-corrected chi connectivity index (χ4v) is 4.51. The highest BCUT2D eigenvalue weighted by Gasteiger charge is 2.30. The summed E-state index contributed by atoms with van der Waals surface area (Å²) in [6.45, 7) is 15.1. The molecule has 5 nitrogen and oxygen atoms in total. The Morgan fingerprint density at radius 2 is 1.50 bits per heavy atom. The molecular weight excluding hydrogens is 324 g/mol.